The maximum Gasteiger partial charge on any atom is 0.333 e. The summed E-state index contributed by atoms with van der Waals surface area (Å²) in [6, 6.07) is 17.1. The molecule has 0 spiro atoms. The van der Waals surface area contributed by atoms with Crippen LogP contribution in [0.2, 0.25) is 0 Å². The number of sulfonamides is 1. The molecule has 0 aliphatic rings. The number of hydrogen-bond acceptors (Lipinski definition) is 4. The van der Waals surface area contributed by atoms with E-state index in [0.717, 1.165) is 22.3 Å². The Kier molecular flexibility index (Phi) is 7.96. The van der Waals surface area contributed by atoms with Crippen molar-refractivity contribution in [2.24, 2.45) is 0 Å². The van der Waals surface area contributed by atoms with Crippen LogP contribution in [-0.4, -0.2) is 19.6 Å². The molecule has 0 aliphatic carbocycles. The Morgan fingerprint density at radius 2 is 1.42 bits per heavy atom. The van der Waals surface area contributed by atoms with Crippen molar-refractivity contribution in [2.45, 2.75) is 70.8 Å². The molecule has 0 atom stereocenters. The van der Waals surface area contributed by atoms with Gasteiger partial charge in [0.2, 0.25) is 0 Å². The molecule has 0 bridgehead atoms. The molecule has 36 heavy (non-hydrogen) atoms. The Morgan fingerprint density at radius 3 is 1.92 bits per heavy atom. The number of carbonyl (C=O) groups excluding carboxylic acids is 1. The van der Waals surface area contributed by atoms with Crippen molar-refractivity contribution in [1.29, 1.82) is 0 Å². The van der Waals surface area contributed by atoms with Gasteiger partial charge in [-0.3, -0.25) is 0 Å². The average molecular weight is 509 g/mol. The van der Waals surface area contributed by atoms with Crippen molar-refractivity contribution in [2.75, 3.05) is 5.32 Å². The van der Waals surface area contributed by atoms with Gasteiger partial charge in [-0.25, -0.2) is 17.9 Å². The van der Waals surface area contributed by atoms with E-state index in [2.05, 4.69) is 10.0 Å². The first-order chi connectivity index (χ1) is 16.7. The van der Waals surface area contributed by atoms with Crippen LogP contribution in [0.5, 0.6) is 0 Å². The monoisotopic (exact) mass is 508 g/mol. The van der Waals surface area contributed by atoms with Crippen LogP contribution in [0.15, 0.2) is 65.6 Å². The lowest BCUT2D eigenvalue weighted by Crippen LogP contribution is -2.35. The first-order valence-electron chi connectivity index (χ1n) is 12.1. The van der Waals surface area contributed by atoms with Crippen LogP contribution in [-0.2, 0) is 15.6 Å². The van der Waals surface area contributed by atoms with Crippen LogP contribution in [0, 0.1) is 6.92 Å². The third-order valence-corrected chi connectivity index (χ3v) is 7.39. The quantitative estimate of drug-likeness (QED) is 0.333. The molecular formula is C29H36N2O4S. The lowest BCUT2D eigenvalue weighted by atomic mass is 9.90. The van der Waals surface area contributed by atoms with Gasteiger partial charge in [-0.05, 0) is 78.6 Å². The predicted octanol–water partition coefficient (Wildman–Crippen LogP) is 6.65. The second-order valence-electron chi connectivity index (χ2n) is 10.4. The highest BCUT2D eigenvalue weighted by molar-refractivity contribution is 7.90. The van der Waals surface area contributed by atoms with Gasteiger partial charge in [0.25, 0.3) is 10.0 Å². The van der Waals surface area contributed by atoms with Gasteiger partial charge < -0.3 is 10.4 Å². The Labute approximate surface area is 214 Å². The van der Waals surface area contributed by atoms with Crippen molar-refractivity contribution in [3.05, 3.63) is 82.9 Å². The number of anilines is 1. The van der Waals surface area contributed by atoms with Gasteiger partial charge in [-0.2, -0.15) is 0 Å². The molecule has 0 radical (unpaired) electrons. The standard InChI is InChI=1S/C29H36N2O4S/c1-18(2)25-13-20(5)14-26(19(3)4)27(25)30-28(32)31-36(34,35)24-16-22(21-11-9-8-10-12-21)15-23(17-24)29(6,7)33/h8-19,33H,1-7H3,(H2,30,31,32). The van der Waals surface area contributed by atoms with Crippen LogP contribution in [0.3, 0.4) is 0 Å². The van der Waals surface area contributed by atoms with Crippen molar-refractivity contribution in [3.8, 4) is 11.1 Å². The van der Waals surface area contributed by atoms with E-state index in [1.165, 1.54) is 12.1 Å². The largest absolute Gasteiger partial charge is 0.386 e. The van der Waals surface area contributed by atoms with Gasteiger partial charge in [0.05, 0.1) is 10.5 Å². The van der Waals surface area contributed by atoms with Crippen molar-refractivity contribution in [3.63, 3.8) is 0 Å². The number of rotatable bonds is 7. The minimum absolute atomic E-state index is 0.104. The predicted molar refractivity (Wildman–Crippen MR) is 146 cm³/mol. The maximum atomic E-state index is 13.3. The van der Waals surface area contributed by atoms with E-state index < -0.39 is 21.7 Å². The van der Waals surface area contributed by atoms with Gasteiger partial charge in [0.15, 0.2) is 0 Å². The molecule has 0 saturated heterocycles. The highest BCUT2D eigenvalue weighted by Gasteiger charge is 2.25. The fourth-order valence-electron chi connectivity index (χ4n) is 4.12. The molecule has 7 heteroatoms. The molecule has 0 aromatic heterocycles. The minimum Gasteiger partial charge on any atom is -0.386 e. The molecule has 3 rings (SSSR count). The first-order valence-corrected chi connectivity index (χ1v) is 13.6. The van der Waals surface area contributed by atoms with Crippen molar-refractivity contribution < 1.29 is 18.3 Å². The highest BCUT2D eigenvalue weighted by atomic mass is 32.2. The Bertz CT molecular complexity index is 1330. The number of carbonyl (C=O) groups is 1. The number of hydrogen-bond donors (Lipinski definition) is 3. The topological polar surface area (TPSA) is 95.5 Å². The van der Waals surface area contributed by atoms with Crippen molar-refractivity contribution in [1.82, 2.24) is 4.72 Å². The number of nitrogens with one attached hydrogen (secondary N) is 2. The molecule has 6 nitrogen and oxygen atoms in total. The Hall–Kier alpha value is -3.16. The van der Waals surface area contributed by atoms with E-state index in [-0.39, 0.29) is 16.7 Å². The highest BCUT2D eigenvalue weighted by Crippen LogP contribution is 2.34. The fourth-order valence-corrected chi connectivity index (χ4v) is 5.10. The van der Waals surface area contributed by atoms with Crippen LogP contribution in [0.25, 0.3) is 11.1 Å². The second-order valence-corrected chi connectivity index (χ2v) is 12.0. The van der Waals surface area contributed by atoms with E-state index in [0.29, 0.717) is 16.8 Å². The molecule has 3 N–H and O–H groups in total. The van der Waals surface area contributed by atoms with Crippen LogP contribution in [0.1, 0.15) is 75.6 Å². The molecule has 0 fully saturated rings. The van der Waals surface area contributed by atoms with Gasteiger partial charge in [-0.15, -0.1) is 0 Å². The number of benzene rings is 3. The average Bonchev–Trinajstić information content (AvgIpc) is 2.79. The molecule has 3 aromatic carbocycles. The summed E-state index contributed by atoms with van der Waals surface area (Å²) in [4.78, 5) is 12.9. The zero-order valence-electron chi connectivity index (χ0n) is 22.0. The summed E-state index contributed by atoms with van der Waals surface area (Å²) in [6.07, 6.45) is 0. The van der Waals surface area contributed by atoms with E-state index in [4.69, 9.17) is 0 Å². The summed E-state index contributed by atoms with van der Waals surface area (Å²) in [5, 5.41) is 13.4. The number of aryl methyl sites for hydroxylation is 1. The zero-order valence-corrected chi connectivity index (χ0v) is 22.8. The maximum absolute atomic E-state index is 13.3. The molecule has 2 amide bonds. The molecule has 0 saturated carbocycles. The molecule has 0 aliphatic heterocycles. The summed E-state index contributed by atoms with van der Waals surface area (Å²) < 4.78 is 28.8. The summed E-state index contributed by atoms with van der Waals surface area (Å²) >= 11 is 0. The Morgan fingerprint density at radius 1 is 0.861 bits per heavy atom. The van der Waals surface area contributed by atoms with E-state index in [1.807, 2.05) is 77.1 Å². The smallest absolute Gasteiger partial charge is 0.333 e. The van der Waals surface area contributed by atoms with Crippen LogP contribution in [0.4, 0.5) is 10.5 Å². The first kappa shape index (κ1) is 27.4. The van der Waals surface area contributed by atoms with E-state index in [9.17, 15) is 18.3 Å². The minimum atomic E-state index is -4.24. The fraction of sp³-hybridized carbons (Fsp3) is 0.345. The van der Waals surface area contributed by atoms with Gasteiger partial charge >= 0.3 is 6.03 Å². The Balaban J connectivity index is 2.00. The summed E-state index contributed by atoms with van der Waals surface area (Å²) in [7, 11) is -4.24. The summed E-state index contributed by atoms with van der Waals surface area (Å²) in [5.41, 5.74) is 4.17. The third-order valence-electron chi connectivity index (χ3n) is 6.08. The normalized spacial score (nSPS) is 12.2. The zero-order chi connectivity index (χ0) is 26.8. The lowest BCUT2D eigenvalue weighted by Gasteiger charge is -2.22. The van der Waals surface area contributed by atoms with E-state index >= 15 is 0 Å². The molecular weight excluding hydrogens is 472 g/mol. The second kappa shape index (κ2) is 10.4. The SMILES string of the molecule is Cc1cc(C(C)C)c(NC(=O)NS(=O)(=O)c2cc(-c3ccccc3)cc(C(C)(C)O)c2)c(C(C)C)c1. The van der Waals surface area contributed by atoms with Crippen LogP contribution < -0.4 is 10.0 Å². The third kappa shape index (κ3) is 6.33. The number of aliphatic hydroxyl groups is 1. The molecule has 0 unspecified atom stereocenters. The van der Waals surface area contributed by atoms with Gasteiger partial charge in [-0.1, -0.05) is 75.7 Å². The lowest BCUT2D eigenvalue weighted by molar-refractivity contribution is 0.0784. The molecule has 0 heterocycles. The number of amides is 2. The van der Waals surface area contributed by atoms with E-state index in [1.54, 1.807) is 19.9 Å². The van der Waals surface area contributed by atoms with Crippen molar-refractivity contribution >= 4 is 21.7 Å². The van der Waals surface area contributed by atoms with Crippen LogP contribution >= 0.6 is 0 Å². The summed E-state index contributed by atoms with van der Waals surface area (Å²) in [5.74, 6) is 0.261. The molecule has 192 valence electrons. The molecule has 3 aromatic rings. The van der Waals surface area contributed by atoms with Gasteiger partial charge in [0, 0.05) is 5.69 Å². The summed E-state index contributed by atoms with van der Waals surface area (Å²) in [6.45, 7) is 13.3. The number of urea groups is 1. The van der Waals surface area contributed by atoms with Gasteiger partial charge in [0.1, 0.15) is 0 Å².